The topological polar surface area (TPSA) is 39.2 Å². The number of halogens is 1. The zero-order valence-corrected chi connectivity index (χ0v) is 9.87. The standard InChI is InChI=1S/C13H14ClNO/c1-9-12(6-7-16-9)13(15)8-10-2-4-11(14)5-3-10/h2-7,13H,8,15H2,1H3. The molecule has 0 aliphatic carbocycles. The van der Waals surface area contributed by atoms with E-state index < -0.39 is 0 Å². The van der Waals surface area contributed by atoms with Crippen LogP contribution in [0.2, 0.25) is 5.02 Å². The summed E-state index contributed by atoms with van der Waals surface area (Å²) in [5.41, 5.74) is 8.36. The summed E-state index contributed by atoms with van der Waals surface area (Å²) in [4.78, 5) is 0. The fourth-order valence-corrected chi connectivity index (χ4v) is 1.89. The van der Waals surface area contributed by atoms with Gasteiger partial charge in [-0.2, -0.15) is 0 Å². The van der Waals surface area contributed by atoms with Crippen molar-refractivity contribution in [2.45, 2.75) is 19.4 Å². The van der Waals surface area contributed by atoms with Gasteiger partial charge in [0.1, 0.15) is 5.76 Å². The first-order chi connectivity index (χ1) is 7.66. The first-order valence-corrected chi connectivity index (χ1v) is 5.58. The second-order valence-corrected chi connectivity index (χ2v) is 4.31. The van der Waals surface area contributed by atoms with Crippen molar-refractivity contribution in [2.75, 3.05) is 0 Å². The average molecular weight is 236 g/mol. The lowest BCUT2D eigenvalue weighted by Crippen LogP contribution is -2.13. The molecule has 0 radical (unpaired) electrons. The molecule has 1 heterocycles. The monoisotopic (exact) mass is 235 g/mol. The molecule has 2 aromatic rings. The van der Waals surface area contributed by atoms with E-state index in [4.69, 9.17) is 21.8 Å². The van der Waals surface area contributed by atoms with Crippen LogP contribution in [0.4, 0.5) is 0 Å². The second-order valence-electron chi connectivity index (χ2n) is 3.87. The molecule has 2 N–H and O–H groups in total. The molecule has 3 heteroatoms. The van der Waals surface area contributed by atoms with E-state index in [9.17, 15) is 0 Å². The number of aryl methyl sites for hydroxylation is 1. The van der Waals surface area contributed by atoms with Crippen LogP contribution in [-0.2, 0) is 6.42 Å². The van der Waals surface area contributed by atoms with Crippen molar-refractivity contribution in [1.29, 1.82) is 0 Å². The average Bonchev–Trinajstić information content (AvgIpc) is 2.68. The van der Waals surface area contributed by atoms with Gasteiger partial charge < -0.3 is 10.2 Å². The van der Waals surface area contributed by atoms with Crippen LogP contribution >= 0.6 is 11.6 Å². The Morgan fingerprint density at radius 1 is 1.25 bits per heavy atom. The molecule has 16 heavy (non-hydrogen) atoms. The molecular weight excluding hydrogens is 222 g/mol. The third-order valence-electron chi connectivity index (χ3n) is 2.67. The molecule has 0 amide bonds. The van der Waals surface area contributed by atoms with Crippen molar-refractivity contribution in [2.24, 2.45) is 5.73 Å². The Balaban J connectivity index is 2.10. The largest absolute Gasteiger partial charge is 0.469 e. The molecule has 1 unspecified atom stereocenters. The zero-order valence-electron chi connectivity index (χ0n) is 9.11. The summed E-state index contributed by atoms with van der Waals surface area (Å²) < 4.78 is 5.24. The number of furan rings is 1. The Labute approximate surface area is 100 Å². The van der Waals surface area contributed by atoms with E-state index in [0.717, 1.165) is 22.8 Å². The van der Waals surface area contributed by atoms with Gasteiger partial charge in [0.15, 0.2) is 0 Å². The number of rotatable bonds is 3. The van der Waals surface area contributed by atoms with E-state index in [1.807, 2.05) is 37.3 Å². The van der Waals surface area contributed by atoms with Crippen LogP contribution < -0.4 is 5.73 Å². The predicted molar refractivity (Wildman–Crippen MR) is 65.5 cm³/mol. The molecule has 0 bridgehead atoms. The maximum Gasteiger partial charge on any atom is 0.105 e. The summed E-state index contributed by atoms with van der Waals surface area (Å²) in [5, 5.41) is 0.747. The molecule has 0 aliphatic heterocycles. The third kappa shape index (κ3) is 2.46. The SMILES string of the molecule is Cc1occc1C(N)Cc1ccc(Cl)cc1. The highest BCUT2D eigenvalue weighted by atomic mass is 35.5. The Morgan fingerprint density at radius 2 is 1.94 bits per heavy atom. The van der Waals surface area contributed by atoms with E-state index in [-0.39, 0.29) is 6.04 Å². The van der Waals surface area contributed by atoms with Crippen molar-refractivity contribution in [3.05, 3.63) is 58.5 Å². The van der Waals surface area contributed by atoms with E-state index >= 15 is 0 Å². The van der Waals surface area contributed by atoms with Crippen LogP contribution in [0.5, 0.6) is 0 Å². The summed E-state index contributed by atoms with van der Waals surface area (Å²) >= 11 is 5.83. The maximum atomic E-state index is 6.12. The fourth-order valence-electron chi connectivity index (χ4n) is 1.76. The zero-order chi connectivity index (χ0) is 11.5. The molecular formula is C13H14ClNO. The highest BCUT2D eigenvalue weighted by molar-refractivity contribution is 6.30. The molecule has 0 spiro atoms. The van der Waals surface area contributed by atoms with Gasteiger partial charge in [-0.1, -0.05) is 23.7 Å². The molecule has 0 aliphatic rings. The normalized spacial score (nSPS) is 12.7. The first kappa shape index (κ1) is 11.2. The lowest BCUT2D eigenvalue weighted by molar-refractivity contribution is 0.524. The minimum Gasteiger partial charge on any atom is -0.469 e. The van der Waals surface area contributed by atoms with Gasteiger partial charge in [-0.15, -0.1) is 0 Å². The van der Waals surface area contributed by atoms with Gasteiger partial charge in [0.2, 0.25) is 0 Å². The fraction of sp³-hybridized carbons (Fsp3) is 0.231. The number of nitrogens with two attached hydrogens (primary N) is 1. The molecule has 2 nitrogen and oxygen atoms in total. The van der Waals surface area contributed by atoms with Gasteiger partial charge in [-0.25, -0.2) is 0 Å². The van der Waals surface area contributed by atoms with Crippen molar-refractivity contribution >= 4 is 11.6 Å². The second kappa shape index (κ2) is 4.73. The summed E-state index contributed by atoms with van der Waals surface area (Å²) in [6, 6.07) is 9.66. The minimum atomic E-state index is -0.0278. The summed E-state index contributed by atoms with van der Waals surface area (Å²) in [5.74, 6) is 0.890. The third-order valence-corrected chi connectivity index (χ3v) is 2.92. The maximum absolute atomic E-state index is 6.12. The molecule has 84 valence electrons. The quantitative estimate of drug-likeness (QED) is 0.885. The number of hydrogen-bond acceptors (Lipinski definition) is 2. The molecule has 1 aromatic heterocycles. The van der Waals surface area contributed by atoms with Gasteiger partial charge in [-0.3, -0.25) is 0 Å². The predicted octanol–water partition coefficient (Wildman–Crippen LogP) is 3.48. The lowest BCUT2D eigenvalue weighted by Gasteiger charge is -2.10. The van der Waals surface area contributed by atoms with Crippen LogP contribution in [0.25, 0.3) is 0 Å². The summed E-state index contributed by atoms with van der Waals surface area (Å²) in [7, 11) is 0. The Morgan fingerprint density at radius 3 is 2.50 bits per heavy atom. The smallest absolute Gasteiger partial charge is 0.105 e. The number of benzene rings is 1. The summed E-state index contributed by atoms with van der Waals surface area (Å²) in [6.45, 7) is 1.93. The Bertz CT molecular complexity index is 461. The van der Waals surface area contributed by atoms with Gasteiger partial charge >= 0.3 is 0 Å². The van der Waals surface area contributed by atoms with Gasteiger partial charge in [0.05, 0.1) is 6.26 Å². The Hall–Kier alpha value is -1.25. The molecule has 2 rings (SSSR count). The molecule has 0 saturated carbocycles. The van der Waals surface area contributed by atoms with Crippen molar-refractivity contribution in [3.63, 3.8) is 0 Å². The van der Waals surface area contributed by atoms with Gasteiger partial charge in [0, 0.05) is 16.6 Å². The van der Waals surface area contributed by atoms with E-state index in [1.54, 1.807) is 6.26 Å². The highest BCUT2D eigenvalue weighted by Gasteiger charge is 2.11. The molecule has 0 saturated heterocycles. The lowest BCUT2D eigenvalue weighted by atomic mass is 10.0. The molecule has 1 atom stereocenters. The molecule has 1 aromatic carbocycles. The van der Waals surface area contributed by atoms with Crippen LogP contribution in [0.3, 0.4) is 0 Å². The van der Waals surface area contributed by atoms with Crippen LogP contribution in [0.1, 0.15) is 22.9 Å². The summed E-state index contributed by atoms with van der Waals surface area (Å²) in [6.07, 6.45) is 2.46. The Kier molecular flexibility index (Phi) is 3.32. The van der Waals surface area contributed by atoms with Crippen molar-refractivity contribution in [1.82, 2.24) is 0 Å². The van der Waals surface area contributed by atoms with E-state index in [2.05, 4.69) is 0 Å². The van der Waals surface area contributed by atoms with Crippen LogP contribution in [-0.4, -0.2) is 0 Å². The highest BCUT2D eigenvalue weighted by Crippen LogP contribution is 2.21. The van der Waals surface area contributed by atoms with Gasteiger partial charge in [-0.05, 0) is 37.1 Å². The van der Waals surface area contributed by atoms with E-state index in [0.29, 0.717) is 0 Å². The minimum absolute atomic E-state index is 0.0278. The van der Waals surface area contributed by atoms with Crippen LogP contribution in [0.15, 0.2) is 41.0 Å². The van der Waals surface area contributed by atoms with Crippen LogP contribution in [0, 0.1) is 6.92 Å². The van der Waals surface area contributed by atoms with Crippen molar-refractivity contribution in [3.8, 4) is 0 Å². The van der Waals surface area contributed by atoms with Crippen molar-refractivity contribution < 1.29 is 4.42 Å². The van der Waals surface area contributed by atoms with E-state index in [1.165, 1.54) is 5.56 Å². The number of hydrogen-bond donors (Lipinski definition) is 1. The van der Waals surface area contributed by atoms with Gasteiger partial charge in [0.25, 0.3) is 0 Å². The molecule has 0 fully saturated rings. The first-order valence-electron chi connectivity index (χ1n) is 5.21.